The number of halogens is 1. The summed E-state index contributed by atoms with van der Waals surface area (Å²) in [5.41, 5.74) is 2.06. The molecule has 3 heterocycles. The molecule has 0 aliphatic carbocycles. The lowest BCUT2D eigenvalue weighted by Gasteiger charge is -2.14. The predicted molar refractivity (Wildman–Crippen MR) is 130 cm³/mol. The third-order valence-electron chi connectivity index (χ3n) is 4.92. The average Bonchev–Trinajstić information content (AvgIpc) is 3.38. The number of hydrogen-bond acceptors (Lipinski definition) is 7. The summed E-state index contributed by atoms with van der Waals surface area (Å²) in [5, 5.41) is 7.65. The fourth-order valence-electron chi connectivity index (χ4n) is 3.26. The Morgan fingerprint density at radius 1 is 0.912 bits per heavy atom. The zero-order valence-electron chi connectivity index (χ0n) is 17.6. The molecule has 0 radical (unpaired) electrons. The van der Waals surface area contributed by atoms with Crippen molar-refractivity contribution in [1.29, 1.82) is 0 Å². The van der Waals surface area contributed by atoms with Crippen molar-refractivity contribution in [2.45, 2.75) is 11.4 Å². The average molecular weight is 492 g/mol. The van der Waals surface area contributed by atoms with Crippen LogP contribution in [0.2, 0.25) is 5.02 Å². The number of para-hydroxylation sites is 2. The number of benzene rings is 2. The molecule has 11 heteroatoms. The van der Waals surface area contributed by atoms with Gasteiger partial charge in [-0.15, -0.1) is 0 Å². The summed E-state index contributed by atoms with van der Waals surface area (Å²) in [6.07, 6.45) is 5.21. The fraction of sp³-hybridized carbons (Fsp3) is 0.0435. The largest absolute Gasteiger partial charge is 0.363 e. The number of hydrogen-bond donors (Lipinski definition) is 2. The van der Waals surface area contributed by atoms with Crippen LogP contribution in [0.5, 0.6) is 0 Å². The molecule has 0 saturated heterocycles. The molecule has 3 aromatic heterocycles. The quantitative estimate of drug-likeness (QED) is 0.349. The highest BCUT2D eigenvalue weighted by Gasteiger charge is 2.19. The molecule has 0 atom stereocenters. The van der Waals surface area contributed by atoms with Crippen molar-refractivity contribution in [3.05, 3.63) is 95.9 Å². The van der Waals surface area contributed by atoms with Crippen molar-refractivity contribution in [3.63, 3.8) is 0 Å². The maximum Gasteiger partial charge on any atom is 0.263 e. The van der Waals surface area contributed by atoms with E-state index < -0.39 is 10.0 Å². The first kappa shape index (κ1) is 21.8. The van der Waals surface area contributed by atoms with Gasteiger partial charge in [0.1, 0.15) is 0 Å². The number of aromatic nitrogens is 5. The molecule has 5 aromatic rings. The van der Waals surface area contributed by atoms with Gasteiger partial charge in [-0.05, 0) is 48.0 Å². The van der Waals surface area contributed by atoms with Gasteiger partial charge in [0, 0.05) is 30.2 Å². The summed E-state index contributed by atoms with van der Waals surface area (Å²) in [7, 11) is -3.94. The highest BCUT2D eigenvalue weighted by molar-refractivity contribution is 7.92. The molecule has 0 bridgehead atoms. The minimum atomic E-state index is -3.94. The van der Waals surface area contributed by atoms with Crippen LogP contribution >= 0.6 is 11.6 Å². The van der Waals surface area contributed by atoms with E-state index in [1.54, 1.807) is 35.3 Å². The lowest BCUT2D eigenvalue weighted by Crippen LogP contribution is -2.16. The summed E-state index contributed by atoms with van der Waals surface area (Å²) >= 11 is 5.98. The molecule has 2 aromatic carbocycles. The van der Waals surface area contributed by atoms with E-state index in [0.29, 0.717) is 34.2 Å². The highest BCUT2D eigenvalue weighted by Crippen LogP contribution is 2.25. The molecule has 0 amide bonds. The summed E-state index contributed by atoms with van der Waals surface area (Å²) in [6, 6.07) is 18.8. The van der Waals surface area contributed by atoms with Gasteiger partial charge in [-0.2, -0.15) is 5.10 Å². The Morgan fingerprint density at radius 2 is 1.71 bits per heavy atom. The molecule has 170 valence electrons. The lowest BCUT2D eigenvalue weighted by molar-refractivity contribution is 0.601. The number of nitrogens with one attached hydrogen (secondary N) is 2. The molecule has 34 heavy (non-hydrogen) atoms. The van der Waals surface area contributed by atoms with Gasteiger partial charge >= 0.3 is 0 Å². The van der Waals surface area contributed by atoms with Gasteiger partial charge in [0.25, 0.3) is 10.0 Å². The predicted octanol–water partition coefficient (Wildman–Crippen LogP) is 4.28. The van der Waals surface area contributed by atoms with Crippen molar-refractivity contribution < 1.29 is 8.42 Å². The van der Waals surface area contributed by atoms with Crippen LogP contribution in [-0.4, -0.2) is 33.2 Å². The summed E-state index contributed by atoms with van der Waals surface area (Å²) < 4.78 is 30.2. The molecule has 2 N–H and O–H groups in total. The molecular weight excluding hydrogens is 474 g/mol. The Bertz CT molecular complexity index is 1560. The highest BCUT2D eigenvalue weighted by atomic mass is 35.5. The van der Waals surface area contributed by atoms with Gasteiger partial charge in [0.15, 0.2) is 17.5 Å². The molecule has 0 unspecified atom stereocenters. The smallest absolute Gasteiger partial charge is 0.263 e. The maximum atomic E-state index is 13.0. The molecular formula is C23H18ClN7O2S. The van der Waals surface area contributed by atoms with Crippen molar-refractivity contribution >= 4 is 44.3 Å². The van der Waals surface area contributed by atoms with E-state index in [9.17, 15) is 8.42 Å². The Morgan fingerprint density at radius 3 is 2.38 bits per heavy atom. The van der Waals surface area contributed by atoms with Gasteiger partial charge in [-0.1, -0.05) is 35.9 Å². The van der Waals surface area contributed by atoms with E-state index in [1.807, 2.05) is 42.6 Å². The van der Waals surface area contributed by atoms with Gasteiger partial charge < -0.3 is 5.32 Å². The molecule has 5 rings (SSSR count). The summed E-state index contributed by atoms with van der Waals surface area (Å²) in [4.78, 5) is 13.5. The van der Waals surface area contributed by atoms with Crippen LogP contribution < -0.4 is 10.0 Å². The van der Waals surface area contributed by atoms with Crippen LogP contribution in [0.4, 0.5) is 11.6 Å². The second kappa shape index (κ2) is 9.08. The van der Waals surface area contributed by atoms with E-state index in [0.717, 1.165) is 5.56 Å². The summed E-state index contributed by atoms with van der Waals surface area (Å²) in [5.74, 6) is 1.06. The SMILES string of the molecule is O=S(=O)(Nc1nc2ccccc2nc1NCc1ccc(-n2cccn2)nc1)c1cccc(Cl)c1. The number of rotatable bonds is 7. The van der Waals surface area contributed by atoms with Crippen LogP contribution in [0.15, 0.2) is 90.2 Å². The Balaban J connectivity index is 1.43. The van der Waals surface area contributed by atoms with Crippen molar-refractivity contribution in [2.75, 3.05) is 10.0 Å². The maximum absolute atomic E-state index is 13.0. The van der Waals surface area contributed by atoms with Crippen molar-refractivity contribution in [2.24, 2.45) is 0 Å². The number of nitrogens with zero attached hydrogens (tertiary/aromatic N) is 5. The van der Waals surface area contributed by atoms with Crippen LogP contribution in [-0.2, 0) is 16.6 Å². The first-order valence-electron chi connectivity index (χ1n) is 10.2. The zero-order valence-corrected chi connectivity index (χ0v) is 19.2. The van der Waals surface area contributed by atoms with E-state index >= 15 is 0 Å². The molecule has 0 aliphatic rings. The van der Waals surface area contributed by atoms with E-state index in [2.05, 4.69) is 30.1 Å². The minimum absolute atomic E-state index is 0.0271. The Kier molecular flexibility index (Phi) is 5.83. The van der Waals surface area contributed by atoms with E-state index in [4.69, 9.17) is 11.6 Å². The Labute approximate surface area is 200 Å². The monoisotopic (exact) mass is 491 g/mol. The summed E-state index contributed by atoms with van der Waals surface area (Å²) in [6.45, 7) is 0.352. The lowest BCUT2D eigenvalue weighted by atomic mass is 10.2. The van der Waals surface area contributed by atoms with Gasteiger partial charge in [0.05, 0.1) is 15.9 Å². The van der Waals surface area contributed by atoms with Crippen LogP contribution in [0, 0.1) is 0 Å². The van der Waals surface area contributed by atoms with Crippen LogP contribution in [0.3, 0.4) is 0 Å². The topological polar surface area (TPSA) is 115 Å². The number of pyridine rings is 1. The van der Waals surface area contributed by atoms with Gasteiger partial charge in [-0.25, -0.2) is 28.1 Å². The van der Waals surface area contributed by atoms with Crippen molar-refractivity contribution in [3.8, 4) is 5.82 Å². The van der Waals surface area contributed by atoms with E-state index in [1.165, 1.54) is 12.1 Å². The fourth-order valence-corrected chi connectivity index (χ4v) is 4.57. The van der Waals surface area contributed by atoms with E-state index in [-0.39, 0.29) is 10.7 Å². The second-order valence-electron chi connectivity index (χ2n) is 7.30. The first-order chi connectivity index (χ1) is 16.5. The Hall–Kier alpha value is -4.02. The van der Waals surface area contributed by atoms with Crippen LogP contribution in [0.1, 0.15) is 5.56 Å². The van der Waals surface area contributed by atoms with Gasteiger partial charge in [-0.3, -0.25) is 4.72 Å². The van der Waals surface area contributed by atoms with Crippen LogP contribution in [0.25, 0.3) is 16.9 Å². The zero-order chi connectivity index (χ0) is 23.5. The third kappa shape index (κ3) is 4.68. The molecule has 0 saturated carbocycles. The van der Waals surface area contributed by atoms with Gasteiger partial charge in [0.2, 0.25) is 0 Å². The minimum Gasteiger partial charge on any atom is -0.363 e. The first-order valence-corrected chi connectivity index (χ1v) is 12.1. The molecule has 9 nitrogen and oxygen atoms in total. The molecule has 0 aliphatic heterocycles. The molecule has 0 spiro atoms. The number of anilines is 2. The normalized spacial score (nSPS) is 11.4. The molecule has 0 fully saturated rings. The number of sulfonamides is 1. The van der Waals surface area contributed by atoms with Crippen molar-refractivity contribution in [1.82, 2.24) is 24.7 Å². The second-order valence-corrected chi connectivity index (χ2v) is 9.42. The standard InChI is InChI=1S/C23H18ClN7O2S/c24-17-5-3-6-18(13-17)34(32,33)30-23-22(28-19-7-1-2-8-20(19)29-23)26-15-16-9-10-21(25-14-16)31-12-4-11-27-31/h1-14H,15H2,(H,26,28)(H,29,30). The third-order valence-corrected chi connectivity index (χ3v) is 6.49. The number of fused-ring (bicyclic) bond motifs is 1.